The number of rotatable bonds is 6. The van der Waals surface area contributed by atoms with Crippen molar-refractivity contribution in [3.8, 4) is 0 Å². The number of halogens is 1. The lowest BCUT2D eigenvalue weighted by atomic mass is 10.2. The molecule has 2 N–H and O–H groups in total. The van der Waals surface area contributed by atoms with Gasteiger partial charge in [0.2, 0.25) is 0 Å². The SMILES string of the molecule is CCNC(=NCC1CCCS1)NCCc1ccccn1.I. The third-order valence-electron chi connectivity index (χ3n) is 3.22. The summed E-state index contributed by atoms with van der Waals surface area (Å²) in [6, 6.07) is 6.03. The van der Waals surface area contributed by atoms with Crippen LogP contribution in [0.4, 0.5) is 0 Å². The lowest BCUT2D eigenvalue weighted by molar-refractivity contribution is 0.757. The molecule has 0 bridgehead atoms. The second-order valence-corrected chi connectivity index (χ2v) is 6.26. The van der Waals surface area contributed by atoms with E-state index >= 15 is 0 Å². The van der Waals surface area contributed by atoms with E-state index in [4.69, 9.17) is 0 Å². The van der Waals surface area contributed by atoms with Gasteiger partial charge in [0.1, 0.15) is 0 Å². The first-order valence-corrected chi connectivity index (χ1v) is 8.47. The highest BCUT2D eigenvalue weighted by atomic mass is 127. The highest BCUT2D eigenvalue weighted by Gasteiger charge is 2.14. The molecule has 1 atom stereocenters. The summed E-state index contributed by atoms with van der Waals surface area (Å²) >= 11 is 2.05. The lowest BCUT2D eigenvalue weighted by Crippen LogP contribution is -2.38. The summed E-state index contributed by atoms with van der Waals surface area (Å²) in [5, 5.41) is 7.39. The Hall–Kier alpha value is -0.500. The molecule has 0 spiro atoms. The topological polar surface area (TPSA) is 49.3 Å². The van der Waals surface area contributed by atoms with Crippen LogP contribution in [0, 0.1) is 0 Å². The molecule has 6 heteroatoms. The minimum absolute atomic E-state index is 0. The first-order valence-electron chi connectivity index (χ1n) is 7.42. The van der Waals surface area contributed by atoms with Crippen molar-refractivity contribution in [2.75, 3.05) is 25.4 Å². The van der Waals surface area contributed by atoms with Gasteiger partial charge in [-0.25, -0.2) is 0 Å². The van der Waals surface area contributed by atoms with Gasteiger partial charge in [-0.1, -0.05) is 6.07 Å². The van der Waals surface area contributed by atoms with E-state index in [0.717, 1.165) is 37.7 Å². The molecule has 0 radical (unpaired) electrons. The van der Waals surface area contributed by atoms with Gasteiger partial charge in [0.15, 0.2) is 5.96 Å². The van der Waals surface area contributed by atoms with Gasteiger partial charge in [0, 0.05) is 36.7 Å². The van der Waals surface area contributed by atoms with Crippen LogP contribution in [-0.4, -0.2) is 41.6 Å². The molecule has 0 amide bonds. The normalized spacial score (nSPS) is 18.1. The average molecular weight is 420 g/mol. The Balaban J connectivity index is 0.00000220. The Morgan fingerprint density at radius 3 is 3.00 bits per heavy atom. The van der Waals surface area contributed by atoms with Crippen molar-refractivity contribution in [1.82, 2.24) is 15.6 Å². The smallest absolute Gasteiger partial charge is 0.191 e. The largest absolute Gasteiger partial charge is 0.357 e. The van der Waals surface area contributed by atoms with Gasteiger partial charge < -0.3 is 10.6 Å². The Morgan fingerprint density at radius 2 is 2.33 bits per heavy atom. The number of nitrogens with one attached hydrogen (secondary N) is 2. The van der Waals surface area contributed by atoms with E-state index in [1.165, 1.54) is 18.6 Å². The van der Waals surface area contributed by atoms with Gasteiger partial charge in [-0.15, -0.1) is 24.0 Å². The average Bonchev–Trinajstić information content (AvgIpc) is 2.99. The number of pyridine rings is 1. The number of hydrogen-bond acceptors (Lipinski definition) is 3. The minimum Gasteiger partial charge on any atom is -0.357 e. The van der Waals surface area contributed by atoms with Crippen LogP contribution in [0.5, 0.6) is 0 Å². The molecule has 21 heavy (non-hydrogen) atoms. The molecular formula is C15H25IN4S. The van der Waals surface area contributed by atoms with Crippen molar-refractivity contribution in [1.29, 1.82) is 0 Å². The third-order valence-corrected chi connectivity index (χ3v) is 4.60. The number of aliphatic imine (C=N–C) groups is 1. The predicted molar refractivity (Wildman–Crippen MR) is 103 cm³/mol. The number of guanidine groups is 1. The Bertz CT molecular complexity index is 407. The summed E-state index contributed by atoms with van der Waals surface area (Å²) in [6.07, 6.45) is 5.41. The standard InChI is InChI=1S/C15H24N4S.HI/c1-2-16-15(19-12-14-7-5-11-20-14)18-10-8-13-6-3-4-9-17-13;/h3-4,6,9,14H,2,5,7-8,10-12H2,1H3,(H2,16,18,19);1H. The number of aromatic nitrogens is 1. The maximum absolute atomic E-state index is 4.68. The molecular weight excluding hydrogens is 395 g/mol. The summed E-state index contributed by atoms with van der Waals surface area (Å²) < 4.78 is 0. The molecule has 1 aromatic rings. The molecule has 0 aromatic carbocycles. The second kappa shape index (κ2) is 11.1. The van der Waals surface area contributed by atoms with Gasteiger partial charge >= 0.3 is 0 Å². The highest BCUT2D eigenvalue weighted by Crippen LogP contribution is 2.25. The van der Waals surface area contributed by atoms with E-state index < -0.39 is 0 Å². The van der Waals surface area contributed by atoms with Crippen molar-refractivity contribution in [3.63, 3.8) is 0 Å². The first kappa shape index (κ1) is 18.5. The summed E-state index contributed by atoms with van der Waals surface area (Å²) in [5.41, 5.74) is 1.11. The fourth-order valence-electron chi connectivity index (χ4n) is 2.18. The Kier molecular flexibility index (Phi) is 9.82. The number of nitrogens with zero attached hydrogens (tertiary/aromatic N) is 2. The van der Waals surface area contributed by atoms with Crippen LogP contribution >= 0.6 is 35.7 Å². The monoisotopic (exact) mass is 420 g/mol. The molecule has 1 unspecified atom stereocenters. The van der Waals surface area contributed by atoms with Gasteiger partial charge in [-0.2, -0.15) is 11.8 Å². The van der Waals surface area contributed by atoms with Crippen LogP contribution in [0.25, 0.3) is 0 Å². The van der Waals surface area contributed by atoms with Gasteiger partial charge in [0.05, 0.1) is 6.54 Å². The molecule has 1 saturated heterocycles. The van der Waals surface area contributed by atoms with Crippen molar-refractivity contribution in [2.24, 2.45) is 4.99 Å². The third kappa shape index (κ3) is 7.35. The van der Waals surface area contributed by atoms with E-state index in [0.29, 0.717) is 5.25 Å². The van der Waals surface area contributed by atoms with E-state index in [-0.39, 0.29) is 24.0 Å². The van der Waals surface area contributed by atoms with Crippen molar-refractivity contribution < 1.29 is 0 Å². The molecule has 1 aliphatic rings. The Labute approximate surface area is 149 Å². The molecule has 1 fully saturated rings. The summed E-state index contributed by atoms with van der Waals surface area (Å²) in [7, 11) is 0. The fraction of sp³-hybridized carbons (Fsp3) is 0.600. The van der Waals surface area contributed by atoms with Crippen LogP contribution < -0.4 is 10.6 Å². The summed E-state index contributed by atoms with van der Waals surface area (Å²) in [5.74, 6) is 2.22. The maximum Gasteiger partial charge on any atom is 0.191 e. The van der Waals surface area contributed by atoms with Gasteiger partial charge in [-0.3, -0.25) is 9.98 Å². The quantitative estimate of drug-likeness (QED) is 0.422. The molecule has 4 nitrogen and oxygen atoms in total. The van der Waals surface area contributed by atoms with E-state index in [1.807, 2.05) is 18.3 Å². The second-order valence-electron chi connectivity index (χ2n) is 4.85. The van der Waals surface area contributed by atoms with Gasteiger partial charge in [-0.05, 0) is 37.7 Å². The van der Waals surface area contributed by atoms with Crippen LogP contribution in [0.3, 0.4) is 0 Å². The van der Waals surface area contributed by atoms with E-state index in [9.17, 15) is 0 Å². The van der Waals surface area contributed by atoms with Crippen molar-refractivity contribution in [3.05, 3.63) is 30.1 Å². The molecule has 118 valence electrons. The van der Waals surface area contributed by atoms with Crippen LogP contribution in [0.2, 0.25) is 0 Å². The van der Waals surface area contributed by atoms with Crippen LogP contribution in [0.15, 0.2) is 29.4 Å². The van der Waals surface area contributed by atoms with E-state index in [1.54, 1.807) is 0 Å². The van der Waals surface area contributed by atoms with Gasteiger partial charge in [0.25, 0.3) is 0 Å². The summed E-state index contributed by atoms with van der Waals surface area (Å²) in [6.45, 7) is 4.78. The minimum atomic E-state index is 0. The number of hydrogen-bond donors (Lipinski definition) is 2. The van der Waals surface area contributed by atoms with Crippen LogP contribution in [-0.2, 0) is 6.42 Å². The Morgan fingerprint density at radius 1 is 1.43 bits per heavy atom. The maximum atomic E-state index is 4.68. The van der Waals surface area contributed by atoms with E-state index in [2.05, 4.69) is 45.4 Å². The zero-order chi connectivity index (χ0) is 14.0. The molecule has 0 saturated carbocycles. The summed E-state index contributed by atoms with van der Waals surface area (Å²) in [4.78, 5) is 9.01. The number of thioether (sulfide) groups is 1. The lowest BCUT2D eigenvalue weighted by Gasteiger charge is -2.12. The van der Waals surface area contributed by atoms with Crippen LogP contribution in [0.1, 0.15) is 25.5 Å². The zero-order valence-corrected chi connectivity index (χ0v) is 15.7. The molecule has 1 aliphatic heterocycles. The molecule has 0 aliphatic carbocycles. The predicted octanol–water partition coefficient (Wildman–Crippen LogP) is 2.69. The highest BCUT2D eigenvalue weighted by molar-refractivity contribution is 14.0. The molecule has 1 aromatic heterocycles. The van der Waals surface area contributed by atoms with Crippen molar-refractivity contribution in [2.45, 2.75) is 31.4 Å². The first-order chi connectivity index (χ1) is 9.88. The zero-order valence-electron chi connectivity index (χ0n) is 12.5. The molecule has 2 heterocycles. The van der Waals surface area contributed by atoms with Crippen molar-refractivity contribution >= 4 is 41.7 Å². The fourth-order valence-corrected chi connectivity index (χ4v) is 3.36. The molecule has 2 rings (SSSR count).